The van der Waals surface area contributed by atoms with Crippen LogP contribution in [-0.2, 0) is 7.05 Å². The summed E-state index contributed by atoms with van der Waals surface area (Å²) in [6.07, 6.45) is 4.57. The molecule has 1 aliphatic rings. The second-order valence-electron chi connectivity index (χ2n) is 6.94. The molecule has 25 heavy (non-hydrogen) atoms. The summed E-state index contributed by atoms with van der Waals surface area (Å²) in [5.74, 6) is 2.31. The molecule has 4 rings (SSSR count). The molecule has 0 spiro atoms. The van der Waals surface area contributed by atoms with E-state index < -0.39 is 0 Å². The van der Waals surface area contributed by atoms with Gasteiger partial charge in [0.2, 0.25) is 5.69 Å². The summed E-state index contributed by atoms with van der Waals surface area (Å²) >= 11 is 0. The number of aromatic nitrogens is 1. The average Bonchev–Trinajstić information content (AvgIpc) is 3.46. The van der Waals surface area contributed by atoms with E-state index in [1.807, 2.05) is 0 Å². The Morgan fingerprint density at radius 3 is 2.48 bits per heavy atom. The first-order chi connectivity index (χ1) is 12.1. The predicted octanol–water partition coefficient (Wildman–Crippen LogP) is 4.53. The third-order valence-corrected chi connectivity index (χ3v) is 5.11. The number of methoxy groups -OCH3 is 2. The van der Waals surface area contributed by atoms with Gasteiger partial charge in [0.15, 0.2) is 17.7 Å². The average molecular weight is 334 g/mol. The smallest absolute Gasteiger partial charge is 0.212 e. The minimum Gasteiger partial charge on any atom is -0.493 e. The number of pyridine rings is 1. The van der Waals surface area contributed by atoms with Crippen LogP contribution in [0.1, 0.15) is 29.9 Å². The molecule has 2 aromatic carbocycles. The van der Waals surface area contributed by atoms with Crippen LogP contribution >= 0.6 is 0 Å². The molecule has 0 amide bonds. The fourth-order valence-corrected chi connectivity index (χ4v) is 3.65. The molecule has 1 fully saturated rings. The largest absolute Gasteiger partial charge is 0.493 e. The molecule has 3 aromatic rings. The van der Waals surface area contributed by atoms with E-state index in [1.54, 1.807) is 14.2 Å². The van der Waals surface area contributed by atoms with Crippen molar-refractivity contribution in [2.45, 2.75) is 25.7 Å². The van der Waals surface area contributed by atoms with E-state index >= 15 is 0 Å². The Bertz CT molecular complexity index is 958. The van der Waals surface area contributed by atoms with Crippen LogP contribution in [0.25, 0.3) is 22.0 Å². The maximum absolute atomic E-state index is 5.70. The first kappa shape index (κ1) is 15.9. The first-order valence-corrected chi connectivity index (χ1v) is 8.77. The predicted molar refractivity (Wildman–Crippen MR) is 100 cm³/mol. The third-order valence-electron chi connectivity index (χ3n) is 5.11. The van der Waals surface area contributed by atoms with Gasteiger partial charge >= 0.3 is 0 Å². The van der Waals surface area contributed by atoms with Gasteiger partial charge in [0.05, 0.1) is 14.2 Å². The number of aryl methyl sites for hydroxylation is 2. The molecule has 1 heterocycles. The highest BCUT2D eigenvalue weighted by molar-refractivity contribution is 5.93. The number of ether oxygens (including phenoxy) is 2. The van der Waals surface area contributed by atoms with Crippen LogP contribution in [0.15, 0.2) is 42.6 Å². The number of hydrogen-bond acceptors (Lipinski definition) is 2. The molecule has 0 atom stereocenters. The van der Waals surface area contributed by atoms with Crippen molar-refractivity contribution in [1.82, 2.24) is 0 Å². The molecule has 0 saturated heterocycles. The van der Waals surface area contributed by atoms with Crippen LogP contribution < -0.4 is 14.0 Å². The lowest BCUT2D eigenvalue weighted by Crippen LogP contribution is -2.30. The van der Waals surface area contributed by atoms with Crippen LogP contribution in [0.3, 0.4) is 0 Å². The van der Waals surface area contributed by atoms with Gasteiger partial charge in [-0.15, -0.1) is 0 Å². The summed E-state index contributed by atoms with van der Waals surface area (Å²) < 4.78 is 13.5. The number of fused-ring (bicyclic) bond motifs is 1. The number of benzene rings is 2. The van der Waals surface area contributed by atoms with Gasteiger partial charge in [-0.05, 0) is 60.2 Å². The Labute approximate surface area is 148 Å². The molecule has 0 aliphatic heterocycles. The van der Waals surface area contributed by atoms with Crippen LogP contribution in [0.4, 0.5) is 0 Å². The highest BCUT2D eigenvalue weighted by atomic mass is 16.5. The zero-order valence-corrected chi connectivity index (χ0v) is 15.3. The first-order valence-electron chi connectivity index (χ1n) is 8.77. The van der Waals surface area contributed by atoms with Gasteiger partial charge in [0, 0.05) is 23.3 Å². The fourth-order valence-electron chi connectivity index (χ4n) is 3.65. The summed E-state index contributed by atoms with van der Waals surface area (Å²) in [5, 5.41) is 2.48. The van der Waals surface area contributed by atoms with Crippen molar-refractivity contribution in [2.24, 2.45) is 7.05 Å². The molecule has 1 saturated carbocycles. The molecule has 1 aromatic heterocycles. The molecule has 3 heteroatoms. The van der Waals surface area contributed by atoms with Gasteiger partial charge in [-0.25, -0.2) is 4.57 Å². The molecular formula is C22H24NO2+. The number of rotatable bonds is 4. The van der Waals surface area contributed by atoms with Gasteiger partial charge < -0.3 is 9.47 Å². The fraction of sp³-hybridized carbons (Fsp3) is 0.318. The molecule has 0 bridgehead atoms. The minimum absolute atomic E-state index is 0.591. The SMILES string of the molecule is COc1cc2cc(-c3cc(C)cc[n+]3C)ccc2c(C2CC2)c1OC. The van der Waals surface area contributed by atoms with E-state index in [2.05, 4.69) is 61.1 Å². The Morgan fingerprint density at radius 2 is 1.80 bits per heavy atom. The Balaban J connectivity index is 1.96. The van der Waals surface area contributed by atoms with E-state index in [-0.39, 0.29) is 0 Å². The van der Waals surface area contributed by atoms with Crippen molar-refractivity contribution < 1.29 is 14.0 Å². The highest BCUT2D eigenvalue weighted by Crippen LogP contribution is 2.51. The minimum atomic E-state index is 0.591. The van der Waals surface area contributed by atoms with E-state index in [0.717, 1.165) is 11.5 Å². The second kappa shape index (κ2) is 6.07. The molecule has 1 aliphatic carbocycles. The van der Waals surface area contributed by atoms with E-state index in [4.69, 9.17) is 9.47 Å². The van der Waals surface area contributed by atoms with Crippen molar-refractivity contribution in [1.29, 1.82) is 0 Å². The van der Waals surface area contributed by atoms with Crippen molar-refractivity contribution >= 4 is 10.8 Å². The number of hydrogen-bond donors (Lipinski definition) is 0. The second-order valence-corrected chi connectivity index (χ2v) is 6.94. The lowest BCUT2D eigenvalue weighted by Gasteiger charge is -2.16. The summed E-state index contributed by atoms with van der Waals surface area (Å²) in [6.45, 7) is 2.13. The zero-order chi connectivity index (χ0) is 17.6. The molecule has 0 N–H and O–H groups in total. The van der Waals surface area contributed by atoms with Crippen molar-refractivity contribution in [2.75, 3.05) is 14.2 Å². The summed E-state index contributed by atoms with van der Waals surface area (Å²) in [6, 6.07) is 13.2. The summed E-state index contributed by atoms with van der Waals surface area (Å²) in [5.41, 5.74) is 4.99. The Morgan fingerprint density at radius 1 is 1.00 bits per heavy atom. The quantitative estimate of drug-likeness (QED) is 0.654. The van der Waals surface area contributed by atoms with Crippen molar-refractivity contribution in [3.05, 3.63) is 53.7 Å². The maximum Gasteiger partial charge on any atom is 0.212 e. The molecule has 0 radical (unpaired) electrons. The van der Waals surface area contributed by atoms with Gasteiger partial charge in [-0.2, -0.15) is 0 Å². The third kappa shape index (κ3) is 2.74. The monoisotopic (exact) mass is 334 g/mol. The maximum atomic E-state index is 5.70. The lowest BCUT2D eigenvalue weighted by atomic mass is 9.96. The Hall–Kier alpha value is -2.55. The van der Waals surface area contributed by atoms with E-state index in [0.29, 0.717) is 5.92 Å². The van der Waals surface area contributed by atoms with Crippen LogP contribution in [0.5, 0.6) is 11.5 Å². The number of nitrogens with zero attached hydrogens (tertiary/aromatic N) is 1. The Kier molecular flexibility index (Phi) is 3.87. The van der Waals surface area contributed by atoms with E-state index in [9.17, 15) is 0 Å². The van der Waals surface area contributed by atoms with Gasteiger partial charge in [-0.3, -0.25) is 0 Å². The lowest BCUT2D eigenvalue weighted by molar-refractivity contribution is -0.660. The van der Waals surface area contributed by atoms with Gasteiger partial charge in [-0.1, -0.05) is 6.07 Å². The van der Waals surface area contributed by atoms with Crippen LogP contribution in [0, 0.1) is 6.92 Å². The van der Waals surface area contributed by atoms with Gasteiger partial charge in [0.1, 0.15) is 7.05 Å². The summed E-state index contributed by atoms with van der Waals surface area (Å²) in [4.78, 5) is 0. The molecule has 3 nitrogen and oxygen atoms in total. The van der Waals surface area contributed by atoms with Crippen molar-refractivity contribution in [3.63, 3.8) is 0 Å². The normalized spacial score (nSPS) is 13.9. The van der Waals surface area contributed by atoms with Crippen LogP contribution in [-0.4, -0.2) is 14.2 Å². The summed E-state index contributed by atoms with van der Waals surface area (Å²) in [7, 11) is 5.53. The topological polar surface area (TPSA) is 22.3 Å². The zero-order valence-electron chi connectivity index (χ0n) is 15.3. The molecule has 128 valence electrons. The van der Waals surface area contributed by atoms with Crippen LogP contribution in [0.2, 0.25) is 0 Å². The van der Waals surface area contributed by atoms with Gasteiger partial charge in [0.25, 0.3) is 0 Å². The van der Waals surface area contributed by atoms with E-state index in [1.165, 1.54) is 46.0 Å². The standard InChI is InChI=1S/C22H24NO2/c1-14-9-10-23(2)19(11-14)16-7-8-18-17(12-16)13-20(24-3)22(25-4)21(18)15-5-6-15/h7-13,15H,5-6H2,1-4H3/q+1. The highest BCUT2D eigenvalue weighted by Gasteiger charge is 2.31. The van der Waals surface area contributed by atoms with Crippen molar-refractivity contribution in [3.8, 4) is 22.8 Å². The molecular weight excluding hydrogens is 310 g/mol. The molecule has 0 unspecified atom stereocenters.